The summed E-state index contributed by atoms with van der Waals surface area (Å²) in [7, 11) is 0. The van der Waals surface area contributed by atoms with E-state index in [1.165, 1.54) is 0 Å². The summed E-state index contributed by atoms with van der Waals surface area (Å²) in [4.78, 5) is 25.2. The van der Waals surface area contributed by atoms with Crippen molar-refractivity contribution in [1.29, 1.82) is 0 Å². The van der Waals surface area contributed by atoms with Crippen LogP contribution in [0, 0.1) is 0 Å². The van der Waals surface area contributed by atoms with E-state index in [0.717, 1.165) is 39.0 Å². The van der Waals surface area contributed by atoms with E-state index in [0.29, 0.717) is 13.1 Å². The molecular weight excluding hydrogens is 220 g/mol. The second kappa shape index (κ2) is 5.97. The van der Waals surface area contributed by atoms with Crippen LogP contribution < -0.4 is 16.0 Å². The molecule has 2 heterocycles. The predicted octanol–water partition coefficient (Wildman–Crippen LogP) is -1.71. The molecule has 0 bridgehead atoms. The van der Waals surface area contributed by atoms with Gasteiger partial charge in [-0.15, -0.1) is 0 Å². The first kappa shape index (κ1) is 12.3. The second-order valence-electron chi connectivity index (χ2n) is 4.54. The third kappa shape index (κ3) is 3.41. The van der Waals surface area contributed by atoms with Gasteiger partial charge in [0.15, 0.2) is 0 Å². The second-order valence-corrected chi connectivity index (χ2v) is 4.54. The Bertz CT molecular complexity index is 283. The van der Waals surface area contributed by atoms with Crippen molar-refractivity contribution in [2.75, 3.05) is 39.3 Å². The number of nitrogens with one attached hydrogen (secondary N) is 3. The molecule has 3 N–H and O–H groups in total. The average molecular weight is 240 g/mol. The Labute approximate surface area is 101 Å². The number of rotatable bonds is 1. The molecule has 17 heavy (non-hydrogen) atoms. The van der Waals surface area contributed by atoms with Crippen LogP contribution in [-0.4, -0.2) is 62.0 Å². The maximum absolute atomic E-state index is 11.8. The Morgan fingerprint density at radius 3 is 2.24 bits per heavy atom. The van der Waals surface area contributed by atoms with E-state index >= 15 is 0 Å². The predicted molar refractivity (Wildman–Crippen MR) is 63.5 cm³/mol. The van der Waals surface area contributed by atoms with Gasteiger partial charge in [-0.2, -0.15) is 0 Å². The quantitative estimate of drug-likeness (QED) is 0.477. The smallest absolute Gasteiger partial charge is 0.311 e. The number of piperidine rings is 1. The lowest BCUT2D eigenvalue weighted by Gasteiger charge is -2.28. The third-order valence-corrected chi connectivity index (χ3v) is 3.27. The number of hydrogen-bond acceptors (Lipinski definition) is 4. The molecule has 0 spiro atoms. The van der Waals surface area contributed by atoms with Crippen LogP contribution in [0.25, 0.3) is 0 Å². The number of amides is 2. The highest BCUT2D eigenvalue weighted by Gasteiger charge is 2.25. The molecule has 0 aliphatic carbocycles. The van der Waals surface area contributed by atoms with Crippen molar-refractivity contribution in [3.05, 3.63) is 0 Å². The zero-order valence-corrected chi connectivity index (χ0v) is 10.00. The van der Waals surface area contributed by atoms with Crippen LogP contribution >= 0.6 is 0 Å². The minimum Gasteiger partial charge on any atom is -0.345 e. The normalized spacial score (nSPS) is 22.2. The lowest BCUT2D eigenvalue weighted by molar-refractivity contribution is -0.146. The minimum absolute atomic E-state index is 0.149. The van der Waals surface area contributed by atoms with Crippen molar-refractivity contribution in [2.45, 2.75) is 18.9 Å². The van der Waals surface area contributed by atoms with Crippen LogP contribution in [0.4, 0.5) is 0 Å². The third-order valence-electron chi connectivity index (χ3n) is 3.27. The Morgan fingerprint density at radius 2 is 1.59 bits per heavy atom. The molecule has 2 rings (SSSR count). The van der Waals surface area contributed by atoms with E-state index in [2.05, 4.69) is 16.0 Å². The molecule has 2 aliphatic heterocycles. The zero-order chi connectivity index (χ0) is 12.1. The molecule has 2 fully saturated rings. The van der Waals surface area contributed by atoms with Crippen molar-refractivity contribution in [2.24, 2.45) is 0 Å². The lowest BCUT2D eigenvalue weighted by atomic mass is 10.1. The number of carbonyl (C=O) groups excluding carboxylic acids is 2. The largest absolute Gasteiger partial charge is 0.345 e. The molecule has 0 aromatic heterocycles. The highest BCUT2D eigenvalue weighted by Crippen LogP contribution is 2.02. The molecule has 96 valence electrons. The average Bonchev–Trinajstić information content (AvgIpc) is 2.40. The monoisotopic (exact) mass is 240 g/mol. The van der Waals surface area contributed by atoms with Crippen molar-refractivity contribution >= 4 is 11.8 Å². The molecule has 2 aliphatic rings. The molecule has 2 saturated heterocycles. The van der Waals surface area contributed by atoms with Gasteiger partial charge in [0.2, 0.25) is 0 Å². The summed E-state index contributed by atoms with van der Waals surface area (Å²) in [5, 5.41) is 9.21. The van der Waals surface area contributed by atoms with E-state index in [4.69, 9.17) is 0 Å². The van der Waals surface area contributed by atoms with Crippen molar-refractivity contribution in [1.82, 2.24) is 20.9 Å². The first-order valence-electron chi connectivity index (χ1n) is 6.28. The molecule has 0 aromatic rings. The summed E-state index contributed by atoms with van der Waals surface area (Å²) in [6.45, 7) is 4.61. The summed E-state index contributed by atoms with van der Waals surface area (Å²) in [5.41, 5.74) is 0. The Morgan fingerprint density at radius 1 is 1.00 bits per heavy atom. The molecule has 6 nitrogen and oxygen atoms in total. The van der Waals surface area contributed by atoms with Gasteiger partial charge in [-0.25, -0.2) is 0 Å². The summed E-state index contributed by atoms with van der Waals surface area (Å²) in [6, 6.07) is 0.149. The molecule has 0 unspecified atom stereocenters. The van der Waals surface area contributed by atoms with Gasteiger partial charge < -0.3 is 20.9 Å². The SMILES string of the molecule is O=C(NC1CCNCC1)C(=O)N1CCNCC1. The number of carbonyl (C=O) groups is 2. The topological polar surface area (TPSA) is 73.5 Å². The van der Waals surface area contributed by atoms with Gasteiger partial charge in [0.05, 0.1) is 0 Å². The molecule has 0 atom stereocenters. The molecule has 6 heteroatoms. The molecule has 0 radical (unpaired) electrons. The highest BCUT2D eigenvalue weighted by atomic mass is 16.2. The molecule has 0 saturated carbocycles. The highest BCUT2D eigenvalue weighted by molar-refractivity contribution is 6.35. The fourth-order valence-electron chi connectivity index (χ4n) is 2.22. The van der Waals surface area contributed by atoms with E-state index < -0.39 is 5.91 Å². The van der Waals surface area contributed by atoms with E-state index in [1.54, 1.807) is 4.90 Å². The summed E-state index contributed by atoms with van der Waals surface area (Å²) < 4.78 is 0. The van der Waals surface area contributed by atoms with Crippen molar-refractivity contribution < 1.29 is 9.59 Å². The first-order valence-corrected chi connectivity index (χ1v) is 6.28. The fraction of sp³-hybridized carbons (Fsp3) is 0.818. The van der Waals surface area contributed by atoms with Gasteiger partial charge in [-0.3, -0.25) is 9.59 Å². The minimum atomic E-state index is -0.446. The Kier molecular flexibility index (Phi) is 4.33. The molecule has 0 aromatic carbocycles. The first-order chi connectivity index (χ1) is 8.27. The lowest BCUT2D eigenvalue weighted by Crippen LogP contribution is -2.53. The number of nitrogens with zero attached hydrogens (tertiary/aromatic N) is 1. The summed E-state index contributed by atoms with van der Waals surface area (Å²) >= 11 is 0. The van der Waals surface area contributed by atoms with Crippen LogP contribution in [0.1, 0.15) is 12.8 Å². The van der Waals surface area contributed by atoms with Gasteiger partial charge in [-0.1, -0.05) is 0 Å². The zero-order valence-electron chi connectivity index (χ0n) is 10.00. The Balaban J connectivity index is 1.79. The number of piperazine rings is 1. The maximum atomic E-state index is 11.8. The van der Waals surface area contributed by atoms with Crippen molar-refractivity contribution in [3.63, 3.8) is 0 Å². The van der Waals surface area contributed by atoms with E-state index in [1.807, 2.05) is 0 Å². The van der Waals surface area contributed by atoms with E-state index in [9.17, 15) is 9.59 Å². The maximum Gasteiger partial charge on any atom is 0.311 e. The molecule has 2 amide bonds. The van der Waals surface area contributed by atoms with E-state index in [-0.39, 0.29) is 11.9 Å². The van der Waals surface area contributed by atoms with Gasteiger partial charge >= 0.3 is 11.8 Å². The summed E-state index contributed by atoms with van der Waals surface area (Å²) in [5.74, 6) is -0.830. The molecular formula is C11H20N4O2. The summed E-state index contributed by atoms with van der Waals surface area (Å²) in [6.07, 6.45) is 1.81. The van der Waals surface area contributed by atoms with Crippen molar-refractivity contribution in [3.8, 4) is 0 Å². The Hall–Kier alpha value is -1.14. The van der Waals surface area contributed by atoms with Crippen LogP contribution in [0.15, 0.2) is 0 Å². The van der Waals surface area contributed by atoms with Crippen LogP contribution in [-0.2, 0) is 9.59 Å². The van der Waals surface area contributed by atoms with Crippen LogP contribution in [0.5, 0.6) is 0 Å². The fourth-order valence-corrected chi connectivity index (χ4v) is 2.22. The van der Waals surface area contributed by atoms with Gasteiger partial charge in [-0.05, 0) is 25.9 Å². The van der Waals surface area contributed by atoms with Crippen LogP contribution in [0.3, 0.4) is 0 Å². The van der Waals surface area contributed by atoms with Gasteiger partial charge in [0.25, 0.3) is 0 Å². The van der Waals surface area contributed by atoms with Gasteiger partial charge in [0, 0.05) is 32.2 Å². The van der Waals surface area contributed by atoms with Crippen LogP contribution in [0.2, 0.25) is 0 Å². The van der Waals surface area contributed by atoms with Gasteiger partial charge in [0.1, 0.15) is 0 Å². The standard InChI is InChI=1S/C11H20N4O2/c16-10(14-9-1-3-12-4-2-9)11(17)15-7-5-13-6-8-15/h9,12-13H,1-8H2,(H,14,16). The number of hydrogen-bond donors (Lipinski definition) is 3.